The van der Waals surface area contributed by atoms with Crippen molar-refractivity contribution < 1.29 is 33.7 Å². The largest absolute Gasteiger partial charge is 0.507 e. The summed E-state index contributed by atoms with van der Waals surface area (Å²) in [4.78, 5) is 40.1. The number of hydrogen-bond donors (Lipinski definition) is 1. The van der Waals surface area contributed by atoms with Crippen molar-refractivity contribution in [3.05, 3.63) is 94.0 Å². The minimum Gasteiger partial charge on any atom is -0.507 e. The summed E-state index contributed by atoms with van der Waals surface area (Å²) in [5, 5.41) is 11.6. The van der Waals surface area contributed by atoms with Gasteiger partial charge in [-0.05, 0) is 29.8 Å². The molecule has 9 heteroatoms. The number of carbonyl (C=O) groups is 3. The third-order valence-electron chi connectivity index (χ3n) is 5.83. The summed E-state index contributed by atoms with van der Waals surface area (Å²) in [5.41, 5.74) is 1.01. The lowest BCUT2D eigenvalue weighted by Crippen LogP contribution is -2.29. The van der Waals surface area contributed by atoms with Crippen molar-refractivity contribution >= 4 is 40.7 Å². The molecule has 4 rings (SSSR count). The number of esters is 1. The van der Waals surface area contributed by atoms with Crippen LogP contribution in [0.15, 0.2) is 72.3 Å². The summed E-state index contributed by atoms with van der Waals surface area (Å²) >= 11 is 6.29. The standard InChI is InChI=1S/C27H22ClNO7/c1-34-20-14-21(35-2)19(28)13-18(20)24(30)22-23(15-8-5-4-6-9-15)29(26(32)25(22)31)17-11-7-10-16(12-17)27(33)36-3/h4-14,23,30H,1-3H3/b24-22+. The maximum absolute atomic E-state index is 13.4. The molecule has 0 aliphatic carbocycles. The first-order valence-electron chi connectivity index (χ1n) is 10.8. The first-order chi connectivity index (χ1) is 17.3. The number of aliphatic hydroxyl groups is 1. The zero-order valence-corrected chi connectivity index (χ0v) is 20.4. The summed E-state index contributed by atoms with van der Waals surface area (Å²) in [5.74, 6) is -2.33. The molecule has 36 heavy (non-hydrogen) atoms. The molecule has 0 saturated carbocycles. The number of nitrogens with zero attached hydrogens (tertiary/aromatic N) is 1. The van der Waals surface area contributed by atoms with Crippen LogP contribution in [0, 0.1) is 0 Å². The van der Waals surface area contributed by atoms with E-state index < -0.39 is 29.5 Å². The smallest absolute Gasteiger partial charge is 0.337 e. The molecule has 1 fully saturated rings. The van der Waals surface area contributed by atoms with E-state index in [0.717, 1.165) is 0 Å². The summed E-state index contributed by atoms with van der Waals surface area (Å²) in [6.45, 7) is 0. The molecule has 8 nitrogen and oxygen atoms in total. The van der Waals surface area contributed by atoms with E-state index in [1.54, 1.807) is 42.5 Å². The fourth-order valence-electron chi connectivity index (χ4n) is 4.14. The molecule has 1 atom stereocenters. The van der Waals surface area contributed by atoms with Gasteiger partial charge in [-0.2, -0.15) is 0 Å². The molecule has 1 N–H and O–H groups in total. The van der Waals surface area contributed by atoms with E-state index in [9.17, 15) is 19.5 Å². The highest BCUT2D eigenvalue weighted by molar-refractivity contribution is 6.51. The summed E-state index contributed by atoms with van der Waals surface area (Å²) < 4.78 is 15.4. The highest BCUT2D eigenvalue weighted by Gasteiger charge is 2.47. The number of carbonyl (C=O) groups excluding carboxylic acids is 3. The molecule has 3 aromatic rings. The normalized spacial score (nSPS) is 16.7. The Labute approximate surface area is 212 Å². The SMILES string of the molecule is COC(=O)c1cccc(N2C(=O)C(=O)/C(=C(/O)c3cc(Cl)c(OC)cc3OC)C2c2ccccc2)c1. The van der Waals surface area contributed by atoms with E-state index >= 15 is 0 Å². The fourth-order valence-corrected chi connectivity index (χ4v) is 4.38. The zero-order chi connectivity index (χ0) is 26.0. The van der Waals surface area contributed by atoms with Crippen LogP contribution in [-0.2, 0) is 14.3 Å². The van der Waals surface area contributed by atoms with Gasteiger partial charge in [-0.25, -0.2) is 4.79 Å². The van der Waals surface area contributed by atoms with Gasteiger partial charge in [0, 0.05) is 11.8 Å². The highest BCUT2D eigenvalue weighted by Crippen LogP contribution is 2.44. The molecule has 1 amide bonds. The third kappa shape index (κ3) is 4.27. The number of anilines is 1. The molecule has 3 aromatic carbocycles. The van der Waals surface area contributed by atoms with E-state index in [2.05, 4.69) is 0 Å². The Bertz CT molecular complexity index is 1380. The summed E-state index contributed by atoms with van der Waals surface area (Å²) in [7, 11) is 4.08. The van der Waals surface area contributed by atoms with E-state index in [1.165, 1.54) is 50.5 Å². The number of ketones is 1. The number of methoxy groups -OCH3 is 3. The highest BCUT2D eigenvalue weighted by atomic mass is 35.5. The van der Waals surface area contributed by atoms with Crippen molar-refractivity contribution in [2.75, 3.05) is 26.2 Å². The van der Waals surface area contributed by atoms with Crippen LogP contribution in [0.4, 0.5) is 5.69 Å². The maximum atomic E-state index is 13.4. The third-order valence-corrected chi connectivity index (χ3v) is 6.13. The molecule has 184 valence electrons. The summed E-state index contributed by atoms with van der Waals surface area (Å²) in [6, 6.07) is 16.8. The van der Waals surface area contributed by atoms with Gasteiger partial charge in [-0.1, -0.05) is 48.0 Å². The van der Waals surface area contributed by atoms with Crippen LogP contribution in [0.3, 0.4) is 0 Å². The van der Waals surface area contributed by atoms with Crippen LogP contribution in [0.1, 0.15) is 27.5 Å². The Hall–Kier alpha value is -4.30. The Kier molecular flexibility index (Phi) is 6.98. The lowest BCUT2D eigenvalue weighted by molar-refractivity contribution is -0.132. The summed E-state index contributed by atoms with van der Waals surface area (Å²) in [6.07, 6.45) is 0. The van der Waals surface area contributed by atoms with Crippen LogP contribution >= 0.6 is 11.6 Å². The minimum absolute atomic E-state index is 0.116. The predicted octanol–water partition coefficient (Wildman–Crippen LogP) is 4.77. The Morgan fingerprint density at radius 3 is 2.25 bits per heavy atom. The number of benzene rings is 3. The minimum atomic E-state index is -0.996. The van der Waals surface area contributed by atoms with Crippen molar-refractivity contribution in [2.24, 2.45) is 0 Å². The van der Waals surface area contributed by atoms with Gasteiger partial charge in [0.05, 0.1) is 49.1 Å². The van der Waals surface area contributed by atoms with Gasteiger partial charge >= 0.3 is 5.97 Å². The second-order valence-electron chi connectivity index (χ2n) is 7.81. The number of hydrogen-bond acceptors (Lipinski definition) is 7. The molecule has 0 bridgehead atoms. The number of Topliss-reactive ketones (excluding diaryl/α,β-unsaturated/α-hetero) is 1. The maximum Gasteiger partial charge on any atom is 0.337 e. The number of ether oxygens (including phenoxy) is 3. The molecule has 0 spiro atoms. The van der Waals surface area contributed by atoms with Gasteiger partial charge in [0.2, 0.25) is 0 Å². The lowest BCUT2D eigenvalue weighted by atomic mass is 9.94. The monoisotopic (exact) mass is 507 g/mol. The molecular weight excluding hydrogens is 486 g/mol. The molecule has 1 heterocycles. The van der Waals surface area contributed by atoms with Gasteiger partial charge in [-0.15, -0.1) is 0 Å². The van der Waals surface area contributed by atoms with Gasteiger partial charge < -0.3 is 19.3 Å². The van der Waals surface area contributed by atoms with Crippen molar-refractivity contribution in [3.63, 3.8) is 0 Å². The Morgan fingerprint density at radius 2 is 1.61 bits per heavy atom. The molecule has 1 saturated heterocycles. The van der Waals surface area contributed by atoms with Gasteiger partial charge in [0.25, 0.3) is 11.7 Å². The number of halogens is 1. The van der Waals surface area contributed by atoms with Crippen LogP contribution in [0.5, 0.6) is 11.5 Å². The number of amides is 1. The predicted molar refractivity (Wildman–Crippen MR) is 134 cm³/mol. The second kappa shape index (κ2) is 10.1. The quantitative estimate of drug-likeness (QED) is 0.222. The van der Waals surface area contributed by atoms with Crippen LogP contribution in [0.2, 0.25) is 5.02 Å². The van der Waals surface area contributed by atoms with Gasteiger partial charge in [0.15, 0.2) is 0 Å². The van der Waals surface area contributed by atoms with Gasteiger partial charge in [-0.3, -0.25) is 14.5 Å². The molecule has 1 unspecified atom stereocenters. The second-order valence-corrected chi connectivity index (χ2v) is 8.22. The van der Waals surface area contributed by atoms with Crippen LogP contribution in [-0.4, -0.2) is 44.1 Å². The number of aliphatic hydroxyl groups excluding tert-OH is 1. The topological polar surface area (TPSA) is 102 Å². The van der Waals surface area contributed by atoms with Gasteiger partial charge in [0.1, 0.15) is 17.3 Å². The van der Waals surface area contributed by atoms with E-state index in [1.807, 2.05) is 0 Å². The lowest BCUT2D eigenvalue weighted by Gasteiger charge is -2.26. The van der Waals surface area contributed by atoms with Crippen molar-refractivity contribution in [3.8, 4) is 11.5 Å². The van der Waals surface area contributed by atoms with Crippen molar-refractivity contribution in [1.82, 2.24) is 0 Å². The van der Waals surface area contributed by atoms with Crippen molar-refractivity contribution in [1.29, 1.82) is 0 Å². The van der Waals surface area contributed by atoms with E-state index in [0.29, 0.717) is 11.3 Å². The molecule has 1 aliphatic rings. The fraction of sp³-hybridized carbons (Fsp3) is 0.148. The first-order valence-corrected chi connectivity index (χ1v) is 11.2. The average Bonchev–Trinajstić information content (AvgIpc) is 3.18. The average molecular weight is 508 g/mol. The molecule has 0 radical (unpaired) electrons. The Morgan fingerprint density at radius 1 is 0.917 bits per heavy atom. The molecular formula is C27H22ClNO7. The van der Waals surface area contributed by atoms with E-state index in [-0.39, 0.29) is 33.2 Å². The van der Waals surface area contributed by atoms with Crippen molar-refractivity contribution in [2.45, 2.75) is 6.04 Å². The zero-order valence-electron chi connectivity index (χ0n) is 19.7. The Balaban J connectivity index is 1.97. The van der Waals surface area contributed by atoms with Crippen LogP contribution in [0.25, 0.3) is 5.76 Å². The molecule has 0 aromatic heterocycles. The number of rotatable bonds is 6. The van der Waals surface area contributed by atoms with Crippen LogP contribution < -0.4 is 14.4 Å². The molecule has 1 aliphatic heterocycles. The first kappa shape index (κ1) is 24.8. The van der Waals surface area contributed by atoms with E-state index in [4.69, 9.17) is 25.8 Å².